The standard InChI is InChI=1S/C20H16FN5O3S/c1-14-23-19(26-10-9-22-13-26)12-20(24-14)29-17-7-5-16(6-8-17)25-30(27,28)18-4-2-3-15(21)11-18/h2-13,25H,1H3. The fraction of sp³-hybridized carbons (Fsp3) is 0.0500. The van der Waals surface area contributed by atoms with E-state index in [0.29, 0.717) is 29.0 Å². The number of rotatable bonds is 6. The molecule has 30 heavy (non-hydrogen) atoms. The van der Waals surface area contributed by atoms with Gasteiger partial charge in [-0.3, -0.25) is 9.29 Å². The van der Waals surface area contributed by atoms with Crippen molar-refractivity contribution in [3.63, 3.8) is 0 Å². The van der Waals surface area contributed by atoms with E-state index < -0.39 is 15.8 Å². The van der Waals surface area contributed by atoms with Crippen molar-refractivity contribution in [2.24, 2.45) is 0 Å². The third kappa shape index (κ3) is 4.44. The van der Waals surface area contributed by atoms with Gasteiger partial charge in [-0.05, 0) is 49.4 Å². The van der Waals surface area contributed by atoms with E-state index in [0.717, 1.165) is 6.07 Å². The number of benzene rings is 2. The number of imidazole rings is 1. The van der Waals surface area contributed by atoms with Crippen LogP contribution in [0.1, 0.15) is 5.82 Å². The van der Waals surface area contributed by atoms with Gasteiger partial charge in [-0.15, -0.1) is 0 Å². The molecule has 10 heteroatoms. The third-order valence-corrected chi connectivity index (χ3v) is 5.38. The molecule has 0 atom stereocenters. The van der Waals surface area contributed by atoms with Crippen LogP contribution in [0.3, 0.4) is 0 Å². The molecule has 0 aliphatic carbocycles. The minimum atomic E-state index is -3.90. The summed E-state index contributed by atoms with van der Waals surface area (Å²) in [5.41, 5.74) is 0.310. The molecule has 1 N–H and O–H groups in total. The van der Waals surface area contributed by atoms with Crippen molar-refractivity contribution >= 4 is 15.7 Å². The van der Waals surface area contributed by atoms with Crippen LogP contribution < -0.4 is 9.46 Å². The molecular formula is C20H16FN5O3S. The van der Waals surface area contributed by atoms with E-state index in [1.54, 1.807) is 48.4 Å². The van der Waals surface area contributed by atoms with Crippen molar-refractivity contribution < 1.29 is 17.5 Å². The molecule has 4 rings (SSSR count). The zero-order valence-corrected chi connectivity index (χ0v) is 16.5. The van der Waals surface area contributed by atoms with Gasteiger partial charge in [-0.25, -0.2) is 22.8 Å². The monoisotopic (exact) mass is 425 g/mol. The number of hydrogen-bond donors (Lipinski definition) is 1. The Labute approximate surface area is 172 Å². The summed E-state index contributed by atoms with van der Waals surface area (Å²) in [6, 6.07) is 12.7. The summed E-state index contributed by atoms with van der Waals surface area (Å²) in [5.74, 6) is 1.29. The summed E-state index contributed by atoms with van der Waals surface area (Å²) >= 11 is 0. The van der Waals surface area contributed by atoms with Crippen LogP contribution in [0.15, 0.2) is 78.2 Å². The summed E-state index contributed by atoms with van der Waals surface area (Å²) in [4.78, 5) is 12.4. The number of aryl methyl sites for hydroxylation is 1. The minimum absolute atomic E-state index is 0.161. The number of halogens is 1. The van der Waals surface area contributed by atoms with Crippen LogP contribution in [0.5, 0.6) is 11.6 Å². The number of hydrogen-bond acceptors (Lipinski definition) is 6. The maximum absolute atomic E-state index is 13.3. The highest BCUT2D eigenvalue weighted by molar-refractivity contribution is 7.92. The predicted molar refractivity (Wildman–Crippen MR) is 108 cm³/mol. The molecule has 0 fully saturated rings. The van der Waals surface area contributed by atoms with Crippen molar-refractivity contribution in [3.8, 4) is 17.4 Å². The highest BCUT2D eigenvalue weighted by atomic mass is 32.2. The Morgan fingerprint density at radius 1 is 1.07 bits per heavy atom. The van der Waals surface area contributed by atoms with Gasteiger partial charge in [0.25, 0.3) is 10.0 Å². The van der Waals surface area contributed by atoms with Crippen LogP contribution in [0.2, 0.25) is 0 Å². The highest BCUT2D eigenvalue weighted by Gasteiger charge is 2.15. The van der Waals surface area contributed by atoms with Gasteiger partial charge in [-0.1, -0.05) is 6.07 Å². The second-order valence-corrected chi connectivity index (χ2v) is 7.95. The van der Waals surface area contributed by atoms with Crippen LogP contribution in [0.4, 0.5) is 10.1 Å². The highest BCUT2D eigenvalue weighted by Crippen LogP contribution is 2.24. The van der Waals surface area contributed by atoms with Crippen LogP contribution in [-0.2, 0) is 10.0 Å². The topological polar surface area (TPSA) is 99.0 Å². The molecule has 0 spiro atoms. The molecule has 0 saturated heterocycles. The molecule has 0 amide bonds. The van der Waals surface area contributed by atoms with E-state index in [4.69, 9.17) is 4.74 Å². The fourth-order valence-corrected chi connectivity index (χ4v) is 3.75. The van der Waals surface area contributed by atoms with E-state index >= 15 is 0 Å². The SMILES string of the molecule is Cc1nc(Oc2ccc(NS(=O)(=O)c3cccc(F)c3)cc2)cc(-n2ccnc2)n1. The van der Waals surface area contributed by atoms with E-state index in [1.807, 2.05) is 0 Å². The maximum atomic E-state index is 13.3. The molecule has 0 bridgehead atoms. The molecule has 0 unspecified atom stereocenters. The first-order chi connectivity index (χ1) is 14.4. The van der Waals surface area contributed by atoms with Gasteiger partial charge in [0, 0.05) is 24.1 Å². The predicted octanol–water partition coefficient (Wildman–Crippen LogP) is 3.70. The summed E-state index contributed by atoms with van der Waals surface area (Å²) in [6.07, 6.45) is 5.01. The Hall–Kier alpha value is -3.79. The smallest absolute Gasteiger partial charge is 0.261 e. The molecule has 0 radical (unpaired) electrons. The molecule has 2 aromatic heterocycles. The molecule has 8 nitrogen and oxygen atoms in total. The van der Waals surface area contributed by atoms with Gasteiger partial charge in [-0.2, -0.15) is 4.98 Å². The molecule has 0 saturated carbocycles. The lowest BCUT2D eigenvalue weighted by atomic mass is 10.3. The number of nitrogens with one attached hydrogen (secondary N) is 1. The molecule has 0 aliphatic heterocycles. The minimum Gasteiger partial charge on any atom is -0.439 e. The number of ether oxygens (including phenoxy) is 1. The second-order valence-electron chi connectivity index (χ2n) is 6.27. The quantitative estimate of drug-likeness (QED) is 0.506. The molecule has 4 aromatic rings. The second kappa shape index (κ2) is 7.91. The Morgan fingerprint density at radius 2 is 1.87 bits per heavy atom. The first-order valence-corrected chi connectivity index (χ1v) is 10.3. The zero-order valence-electron chi connectivity index (χ0n) is 15.7. The fourth-order valence-electron chi connectivity index (χ4n) is 2.66. The normalized spacial score (nSPS) is 11.3. The van der Waals surface area contributed by atoms with Crippen LogP contribution in [-0.4, -0.2) is 27.9 Å². The van der Waals surface area contributed by atoms with Crippen molar-refractivity contribution in [1.82, 2.24) is 19.5 Å². The van der Waals surface area contributed by atoms with Crippen LogP contribution in [0.25, 0.3) is 5.82 Å². The summed E-state index contributed by atoms with van der Waals surface area (Å²) < 4.78 is 48.0. The number of aromatic nitrogens is 4. The lowest BCUT2D eigenvalue weighted by Gasteiger charge is -2.10. The first-order valence-electron chi connectivity index (χ1n) is 8.79. The van der Waals surface area contributed by atoms with Crippen LogP contribution >= 0.6 is 0 Å². The maximum Gasteiger partial charge on any atom is 0.261 e. The molecule has 0 aliphatic rings. The summed E-state index contributed by atoms with van der Waals surface area (Å²) in [6.45, 7) is 1.75. The third-order valence-electron chi connectivity index (χ3n) is 4.01. The van der Waals surface area contributed by atoms with Crippen molar-refractivity contribution in [2.75, 3.05) is 4.72 Å². The van der Waals surface area contributed by atoms with E-state index in [-0.39, 0.29) is 4.90 Å². The van der Waals surface area contributed by atoms with Gasteiger partial charge in [0.1, 0.15) is 29.5 Å². The zero-order chi connectivity index (χ0) is 21.1. The first kappa shape index (κ1) is 19.5. The Balaban J connectivity index is 1.51. The van der Waals surface area contributed by atoms with Crippen LogP contribution in [0, 0.1) is 12.7 Å². The van der Waals surface area contributed by atoms with Crippen molar-refractivity contribution in [2.45, 2.75) is 11.8 Å². The molecule has 2 heterocycles. The molecular weight excluding hydrogens is 409 g/mol. The van der Waals surface area contributed by atoms with Gasteiger partial charge in [0.15, 0.2) is 0 Å². The van der Waals surface area contributed by atoms with Crippen molar-refractivity contribution in [3.05, 3.63) is 85.0 Å². The van der Waals surface area contributed by atoms with Gasteiger partial charge >= 0.3 is 0 Å². The van der Waals surface area contributed by atoms with E-state index in [9.17, 15) is 12.8 Å². The van der Waals surface area contributed by atoms with Crippen molar-refractivity contribution in [1.29, 1.82) is 0 Å². The average Bonchev–Trinajstić information content (AvgIpc) is 3.24. The van der Waals surface area contributed by atoms with Gasteiger partial charge < -0.3 is 4.74 Å². The summed E-state index contributed by atoms with van der Waals surface area (Å²) in [5, 5.41) is 0. The number of anilines is 1. The lowest BCUT2D eigenvalue weighted by molar-refractivity contribution is 0.459. The molecule has 2 aromatic carbocycles. The number of nitrogens with zero attached hydrogens (tertiary/aromatic N) is 4. The Morgan fingerprint density at radius 3 is 2.57 bits per heavy atom. The Bertz CT molecular complexity index is 1280. The van der Waals surface area contributed by atoms with Gasteiger partial charge in [0.2, 0.25) is 5.88 Å². The van der Waals surface area contributed by atoms with E-state index in [2.05, 4.69) is 19.7 Å². The lowest BCUT2D eigenvalue weighted by Crippen LogP contribution is -2.13. The Kier molecular flexibility index (Phi) is 5.15. The molecule has 152 valence electrons. The van der Waals surface area contributed by atoms with E-state index in [1.165, 1.54) is 30.3 Å². The summed E-state index contributed by atoms with van der Waals surface area (Å²) in [7, 11) is -3.90. The largest absolute Gasteiger partial charge is 0.439 e. The average molecular weight is 425 g/mol. The van der Waals surface area contributed by atoms with Gasteiger partial charge in [0.05, 0.1) is 4.90 Å². The number of sulfonamides is 1.